The van der Waals surface area contributed by atoms with Crippen molar-refractivity contribution in [2.45, 2.75) is 6.92 Å². The van der Waals surface area contributed by atoms with E-state index in [2.05, 4.69) is 25.5 Å². The summed E-state index contributed by atoms with van der Waals surface area (Å²) in [4.78, 5) is 22.7. The Hall–Kier alpha value is -2.67. The van der Waals surface area contributed by atoms with Gasteiger partial charge in [0.25, 0.3) is 5.91 Å². The number of nitrogens with zero attached hydrogens (tertiary/aromatic N) is 3. The molecule has 24 heavy (non-hydrogen) atoms. The van der Waals surface area contributed by atoms with Crippen molar-refractivity contribution < 1.29 is 9.53 Å². The van der Waals surface area contributed by atoms with Gasteiger partial charge in [0.15, 0.2) is 0 Å². The second-order valence-corrected chi connectivity index (χ2v) is 5.41. The molecule has 7 heteroatoms. The summed E-state index contributed by atoms with van der Waals surface area (Å²) >= 11 is 0. The van der Waals surface area contributed by atoms with Crippen LogP contribution in [0.15, 0.2) is 36.5 Å². The summed E-state index contributed by atoms with van der Waals surface area (Å²) in [5.74, 6) is 0.929. The van der Waals surface area contributed by atoms with Crippen molar-refractivity contribution in [2.75, 3.05) is 44.4 Å². The molecule has 0 aliphatic carbocycles. The SMILES string of the molecule is CCOc1ccc(NC(=O)c2ccnc(NCCN(C)C)n2)cc1. The van der Waals surface area contributed by atoms with Gasteiger partial charge in [-0.2, -0.15) is 0 Å². The van der Waals surface area contributed by atoms with Gasteiger partial charge in [0.2, 0.25) is 5.95 Å². The summed E-state index contributed by atoms with van der Waals surface area (Å²) < 4.78 is 5.38. The summed E-state index contributed by atoms with van der Waals surface area (Å²) in [6.45, 7) is 4.09. The molecule has 1 aromatic carbocycles. The quantitative estimate of drug-likeness (QED) is 0.772. The second kappa shape index (κ2) is 8.83. The van der Waals surface area contributed by atoms with Gasteiger partial charge in [-0.1, -0.05) is 0 Å². The summed E-state index contributed by atoms with van der Waals surface area (Å²) in [5, 5.41) is 5.90. The monoisotopic (exact) mass is 329 g/mol. The smallest absolute Gasteiger partial charge is 0.274 e. The Balaban J connectivity index is 1.96. The standard InChI is InChI=1S/C17H23N5O2/c1-4-24-14-7-5-13(6-8-14)20-16(23)15-9-10-18-17(21-15)19-11-12-22(2)3/h5-10H,4,11-12H2,1-3H3,(H,20,23)(H,18,19,21). The van der Waals surface area contributed by atoms with Crippen LogP contribution in [0.5, 0.6) is 5.75 Å². The zero-order valence-corrected chi connectivity index (χ0v) is 14.2. The number of nitrogens with one attached hydrogen (secondary N) is 2. The molecular formula is C17H23N5O2. The molecule has 0 unspecified atom stereocenters. The molecule has 128 valence electrons. The number of anilines is 2. The molecule has 0 spiro atoms. The van der Waals surface area contributed by atoms with Crippen LogP contribution in [-0.4, -0.2) is 54.6 Å². The number of amides is 1. The fraction of sp³-hybridized carbons (Fsp3) is 0.353. The second-order valence-electron chi connectivity index (χ2n) is 5.41. The fourth-order valence-corrected chi connectivity index (χ4v) is 1.96. The molecule has 1 amide bonds. The first kappa shape index (κ1) is 17.7. The lowest BCUT2D eigenvalue weighted by Gasteiger charge is -2.11. The van der Waals surface area contributed by atoms with E-state index in [1.54, 1.807) is 24.4 Å². The molecule has 0 radical (unpaired) electrons. The van der Waals surface area contributed by atoms with Crippen LogP contribution in [0.4, 0.5) is 11.6 Å². The Morgan fingerprint density at radius 1 is 1.21 bits per heavy atom. The number of likely N-dealkylation sites (N-methyl/N-ethyl adjacent to an activating group) is 1. The number of benzene rings is 1. The van der Waals surface area contributed by atoms with Crippen molar-refractivity contribution in [1.82, 2.24) is 14.9 Å². The van der Waals surface area contributed by atoms with Crippen molar-refractivity contribution in [3.05, 3.63) is 42.2 Å². The third-order valence-electron chi connectivity index (χ3n) is 3.15. The zero-order chi connectivity index (χ0) is 17.4. The van der Waals surface area contributed by atoms with E-state index in [9.17, 15) is 4.79 Å². The average Bonchev–Trinajstić information content (AvgIpc) is 2.57. The molecule has 2 rings (SSSR count). The maximum Gasteiger partial charge on any atom is 0.274 e. The maximum atomic E-state index is 12.3. The number of rotatable bonds is 8. The minimum Gasteiger partial charge on any atom is -0.494 e. The first-order valence-corrected chi connectivity index (χ1v) is 7.84. The molecule has 2 aromatic rings. The van der Waals surface area contributed by atoms with E-state index in [0.29, 0.717) is 30.5 Å². The highest BCUT2D eigenvalue weighted by Gasteiger charge is 2.09. The zero-order valence-electron chi connectivity index (χ0n) is 14.2. The van der Waals surface area contributed by atoms with Gasteiger partial charge in [-0.3, -0.25) is 4.79 Å². The van der Waals surface area contributed by atoms with Gasteiger partial charge >= 0.3 is 0 Å². The number of hydrogen-bond donors (Lipinski definition) is 2. The normalized spacial score (nSPS) is 10.5. The largest absolute Gasteiger partial charge is 0.494 e. The Morgan fingerprint density at radius 3 is 2.62 bits per heavy atom. The predicted molar refractivity (Wildman–Crippen MR) is 94.6 cm³/mol. The minimum atomic E-state index is -0.280. The number of aromatic nitrogens is 2. The number of hydrogen-bond acceptors (Lipinski definition) is 6. The fourth-order valence-electron chi connectivity index (χ4n) is 1.96. The molecular weight excluding hydrogens is 306 g/mol. The van der Waals surface area contributed by atoms with Crippen molar-refractivity contribution in [1.29, 1.82) is 0 Å². The molecule has 7 nitrogen and oxygen atoms in total. The summed E-state index contributed by atoms with van der Waals surface area (Å²) in [6, 6.07) is 8.79. The van der Waals surface area contributed by atoms with Gasteiger partial charge in [-0.05, 0) is 51.4 Å². The maximum absolute atomic E-state index is 12.3. The van der Waals surface area contributed by atoms with Crippen molar-refractivity contribution in [2.24, 2.45) is 0 Å². The molecule has 0 fully saturated rings. The highest BCUT2D eigenvalue weighted by molar-refractivity contribution is 6.02. The van der Waals surface area contributed by atoms with Gasteiger partial charge < -0.3 is 20.3 Å². The van der Waals surface area contributed by atoms with E-state index in [1.165, 1.54) is 0 Å². The third-order valence-corrected chi connectivity index (χ3v) is 3.15. The molecule has 0 saturated carbocycles. The third kappa shape index (κ3) is 5.51. The Bertz CT molecular complexity index is 658. The molecule has 0 aliphatic rings. The average molecular weight is 329 g/mol. The summed E-state index contributed by atoms with van der Waals surface area (Å²) in [6.07, 6.45) is 1.57. The lowest BCUT2D eigenvalue weighted by Crippen LogP contribution is -2.22. The van der Waals surface area contributed by atoms with Crippen LogP contribution in [0.2, 0.25) is 0 Å². The van der Waals surface area contributed by atoms with Gasteiger partial charge in [-0.15, -0.1) is 0 Å². The number of ether oxygens (including phenoxy) is 1. The van der Waals surface area contributed by atoms with Crippen LogP contribution >= 0.6 is 0 Å². The van der Waals surface area contributed by atoms with E-state index in [4.69, 9.17) is 4.74 Å². The Kier molecular flexibility index (Phi) is 6.51. The van der Waals surface area contributed by atoms with Crippen LogP contribution in [0.25, 0.3) is 0 Å². The van der Waals surface area contributed by atoms with Crippen LogP contribution in [-0.2, 0) is 0 Å². The van der Waals surface area contributed by atoms with Gasteiger partial charge in [0.1, 0.15) is 11.4 Å². The van der Waals surface area contributed by atoms with Crippen LogP contribution in [0, 0.1) is 0 Å². The van der Waals surface area contributed by atoms with E-state index in [1.807, 2.05) is 33.2 Å². The molecule has 1 aromatic heterocycles. The van der Waals surface area contributed by atoms with Crippen molar-refractivity contribution >= 4 is 17.5 Å². The van der Waals surface area contributed by atoms with E-state index in [-0.39, 0.29) is 5.91 Å². The number of carbonyl (C=O) groups excluding carboxylic acids is 1. The van der Waals surface area contributed by atoms with Gasteiger partial charge in [0.05, 0.1) is 6.61 Å². The molecule has 0 bridgehead atoms. The first-order chi connectivity index (χ1) is 11.6. The molecule has 0 saturated heterocycles. The lowest BCUT2D eigenvalue weighted by atomic mass is 10.3. The number of carbonyl (C=O) groups is 1. The van der Waals surface area contributed by atoms with E-state index < -0.39 is 0 Å². The first-order valence-electron chi connectivity index (χ1n) is 7.84. The lowest BCUT2D eigenvalue weighted by molar-refractivity contribution is 0.102. The highest BCUT2D eigenvalue weighted by atomic mass is 16.5. The van der Waals surface area contributed by atoms with Crippen molar-refractivity contribution in [3.63, 3.8) is 0 Å². The molecule has 1 heterocycles. The predicted octanol–water partition coefficient (Wildman–Crippen LogP) is 2.10. The molecule has 0 atom stereocenters. The summed E-state index contributed by atoms with van der Waals surface area (Å²) in [7, 11) is 3.98. The topological polar surface area (TPSA) is 79.4 Å². The van der Waals surface area contributed by atoms with Gasteiger partial charge in [0, 0.05) is 25.0 Å². The van der Waals surface area contributed by atoms with Crippen LogP contribution < -0.4 is 15.4 Å². The van der Waals surface area contributed by atoms with E-state index >= 15 is 0 Å². The van der Waals surface area contributed by atoms with Crippen LogP contribution in [0.1, 0.15) is 17.4 Å². The Morgan fingerprint density at radius 2 is 1.96 bits per heavy atom. The highest BCUT2D eigenvalue weighted by Crippen LogP contribution is 2.16. The van der Waals surface area contributed by atoms with Crippen molar-refractivity contribution in [3.8, 4) is 5.75 Å². The van der Waals surface area contributed by atoms with Gasteiger partial charge in [-0.25, -0.2) is 9.97 Å². The van der Waals surface area contributed by atoms with Crippen LogP contribution in [0.3, 0.4) is 0 Å². The Labute approximate surface area is 142 Å². The summed E-state index contributed by atoms with van der Waals surface area (Å²) in [5.41, 5.74) is 0.996. The molecule has 2 N–H and O–H groups in total. The minimum absolute atomic E-state index is 0.280. The molecule has 0 aliphatic heterocycles. The van der Waals surface area contributed by atoms with E-state index in [0.717, 1.165) is 12.3 Å².